The summed E-state index contributed by atoms with van der Waals surface area (Å²) in [5.74, 6) is -0.540. The van der Waals surface area contributed by atoms with Crippen LogP contribution in [0.25, 0.3) is 0 Å². The van der Waals surface area contributed by atoms with Crippen molar-refractivity contribution in [3.05, 3.63) is 107 Å². The third-order valence-corrected chi connectivity index (χ3v) is 9.72. The second kappa shape index (κ2) is 12.8. The normalized spacial score (nSPS) is 12.0. The van der Waals surface area contributed by atoms with Crippen molar-refractivity contribution >= 4 is 54.6 Å². The number of carbonyl (C=O) groups is 1. The number of hydrogen-bond acceptors (Lipinski definition) is 6. The third-order valence-electron chi connectivity index (χ3n) is 6.22. The number of aryl methyl sites for hydroxylation is 1. The van der Waals surface area contributed by atoms with Crippen molar-refractivity contribution in [1.29, 1.82) is 0 Å². The minimum Gasteiger partial charge on any atom is -0.495 e. The average Bonchev–Trinajstić information content (AvgIpc) is 2.96. The summed E-state index contributed by atoms with van der Waals surface area (Å²) in [5.41, 5.74) is -0.471. The van der Waals surface area contributed by atoms with Crippen LogP contribution >= 0.6 is 11.6 Å². The Morgan fingerprint density at radius 3 is 2.07 bits per heavy atom. The molecule has 0 fully saturated rings. The maximum atomic E-state index is 13.6. The van der Waals surface area contributed by atoms with Gasteiger partial charge in [-0.15, -0.1) is 0 Å². The van der Waals surface area contributed by atoms with Crippen molar-refractivity contribution in [2.75, 3.05) is 28.0 Å². The zero-order chi connectivity index (χ0) is 32.3. The summed E-state index contributed by atoms with van der Waals surface area (Å²) in [7, 11) is -7.20. The van der Waals surface area contributed by atoms with Gasteiger partial charge in [0, 0.05) is 11.4 Å². The molecule has 0 atom stereocenters. The van der Waals surface area contributed by atoms with Crippen LogP contribution in [0.15, 0.2) is 101 Å². The van der Waals surface area contributed by atoms with Gasteiger partial charge in [0.15, 0.2) is 0 Å². The van der Waals surface area contributed by atoms with Gasteiger partial charge in [-0.05, 0) is 73.7 Å². The summed E-state index contributed by atoms with van der Waals surface area (Å²) in [6.07, 6.45) is -4.79. The Morgan fingerprint density at radius 2 is 1.45 bits per heavy atom. The van der Waals surface area contributed by atoms with E-state index in [4.69, 9.17) is 16.3 Å². The van der Waals surface area contributed by atoms with E-state index in [0.717, 1.165) is 34.1 Å². The van der Waals surface area contributed by atoms with Crippen molar-refractivity contribution < 1.29 is 39.5 Å². The molecule has 15 heteroatoms. The van der Waals surface area contributed by atoms with Crippen molar-refractivity contribution in [1.82, 2.24) is 0 Å². The second-order valence-electron chi connectivity index (χ2n) is 9.37. The fourth-order valence-corrected chi connectivity index (χ4v) is 6.75. The monoisotopic (exact) mass is 667 g/mol. The third kappa shape index (κ3) is 7.44. The van der Waals surface area contributed by atoms with Gasteiger partial charge in [0.05, 0.1) is 33.2 Å². The van der Waals surface area contributed by atoms with Crippen LogP contribution in [0.5, 0.6) is 5.75 Å². The maximum Gasteiger partial charge on any atom is 0.417 e. The summed E-state index contributed by atoms with van der Waals surface area (Å²) in [6.45, 7) is 1.14. The molecule has 4 aromatic rings. The van der Waals surface area contributed by atoms with Gasteiger partial charge in [0.2, 0.25) is 5.91 Å². The van der Waals surface area contributed by atoms with E-state index in [0.29, 0.717) is 6.07 Å². The molecular weight excluding hydrogens is 643 g/mol. The first-order chi connectivity index (χ1) is 20.6. The number of carbonyl (C=O) groups excluding carboxylic acids is 1. The van der Waals surface area contributed by atoms with Gasteiger partial charge in [-0.2, -0.15) is 13.2 Å². The zero-order valence-electron chi connectivity index (χ0n) is 23.1. The summed E-state index contributed by atoms with van der Waals surface area (Å²) < 4.78 is 101. The minimum atomic E-state index is -4.79. The number of alkyl halides is 3. The zero-order valence-corrected chi connectivity index (χ0v) is 25.5. The van der Waals surface area contributed by atoms with Crippen LogP contribution in [-0.4, -0.2) is 36.4 Å². The predicted molar refractivity (Wildman–Crippen MR) is 161 cm³/mol. The van der Waals surface area contributed by atoms with E-state index >= 15 is 0 Å². The van der Waals surface area contributed by atoms with Crippen LogP contribution in [-0.2, 0) is 31.0 Å². The first kappa shape index (κ1) is 32.6. The van der Waals surface area contributed by atoms with E-state index in [-0.39, 0.29) is 32.6 Å². The van der Waals surface area contributed by atoms with Gasteiger partial charge < -0.3 is 10.1 Å². The van der Waals surface area contributed by atoms with Crippen LogP contribution in [0, 0.1) is 6.92 Å². The Morgan fingerprint density at radius 1 is 0.864 bits per heavy atom. The van der Waals surface area contributed by atoms with Crippen LogP contribution in [0.2, 0.25) is 5.02 Å². The molecule has 0 spiro atoms. The van der Waals surface area contributed by atoms with Crippen molar-refractivity contribution in [2.24, 2.45) is 0 Å². The van der Waals surface area contributed by atoms with E-state index < -0.39 is 49.3 Å². The van der Waals surface area contributed by atoms with Crippen LogP contribution in [0.3, 0.4) is 0 Å². The highest BCUT2D eigenvalue weighted by atomic mass is 35.5. The molecule has 0 radical (unpaired) electrons. The number of benzene rings is 4. The molecule has 0 aliphatic heterocycles. The van der Waals surface area contributed by atoms with Crippen LogP contribution in [0.1, 0.15) is 11.1 Å². The Labute approximate surface area is 257 Å². The lowest BCUT2D eigenvalue weighted by atomic mass is 10.2. The van der Waals surface area contributed by atoms with E-state index in [2.05, 4.69) is 10.0 Å². The first-order valence-corrected chi connectivity index (χ1v) is 15.9. The van der Waals surface area contributed by atoms with E-state index in [1.807, 2.05) is 0 Å². The van der Waals surface area contributed by atoms with Gasteiger partial charge >= 0.3 is 6.18 Å². The highest BCUT2D eigenvalue weighted by Gasteiger charge is 2.34. The quantitative estimate of drug-likeness (QED) is 0.204. The molecule has 44 heavy (non-hydrogen) atoms. The van der Waals surface area contributed by atoms with Gasteiger partial charge in [-0.25, -0.2) is 16.8 Å². The van der Waals surface area contributed by atoms with E-state index in [1.165, 1.54) is 37.4 Å². The number of nitrogens with one attached hydrogen (secondary N) is 2. The number of anilines is 3. The predicted octanol–water partition coefficient (Wildman–Crippen LogP) is 6.31. The summed E-state index contributed by atoms with van der Waals surface area (Å²) in [5, 5.41) is 1.94. The lowest BCUT2D eigenvalue weighted by molar-refractivity contribution is -0.137. The smallest absolute Gasteiger partial charge is 0.417 e. The maximum absolute atomic E-state index is 13.6. The lowest BCUT2D eigenvalue weighted by Crippen LogP contribution is -2.38. The molecule has 4 rings (SSSR count). The molecule has 0 saturated carbocycles. The number of ether oxygens (including phenoxy) is 1. The first-order valence-electron chi connectivity index (χ1n) is 12.6. The van der Waals surface area contributed by atoms with E-state index in [9.17, 15) is 34.8 Å². The largest absolute Gasteiger partial charge is 0.495 e. The molecule has 2 N–H and O–H groups in total. The van der Waals surface area contributed by atoms with Gasteiger partial charge in [0.1, 0.15) is 12.3 Å². The highest BCUT2D eigenvalue weighted by molar-refractivity contribution is 7.93. The second-order valence-corrected chi connectivity index (χ2v) is 13.3. The van der Waals surface area contributed by atoms with Crippen molar-refractivity contribution in [2.45, 2.75) is 22.9 Å². The average molecular weight is 668 g/mol. The Bertz CT molecular complexity index is 1890. The Hall–Kier alpha value is -4.27. The summed E-state index contributed by atoms with van der Waals surface area (Å²) in [6, 6.07) is 19.7. The topological polar surface area (TPSA) is 122 Å². The van der Waals surface area contributed by atoms with Crippen molar-refractivity contribution in [3.63, 3.8) is 0 Å². The number of sulfonamides is 2. The number of amides is 1. The van der Waals surface area contributed by atoms with Gasteiger partial charge in [0.25, 0.3) is 20.0 Å². The highest BCUT2D eigenvalue weighted by Crippen LogP contribution is 2.37. The minimum absolute atomic E-state index is 0.0492. The molecule has 0 unspecified atom stereocenters. The van der Waals surface area contributed by atoms with Gasteiger partial charge in [-0.3, -0.25) is 13.8 Å². The molecule has 0 aromatic heterocycles. The summed E-state index contributed by atoms with van der Waals surface area (Å²) >= 11 is 5.60. The molecular formula is C29H25ClF3N3O6S2. The molecule has 0 aliphatic rings. The number of halogens is 4. The Kier molecular flexibility index (Phi) is 9.47. The number of methoxy groups -OCH3 is 1. The molecule has 0 aliphatic carbocycles. The SMILES string of the molecule is COc1ccccc1N(CC(=O)Nc1ccc(S(=O)(=O)Nc2ccc(Cl)c(C(F)(F)F)c2)cc1)S(=O)(=O)c1ccc(C)cc1. The number of para-hydroxylation sites is 2. The van der Waals surface area contributed by atoms with E-state index in [1.54, 1.807) is 37.3 Å². The molecule has 9 nitrogen and oxygen atoms in total. The number of hydrogen-bond donors (Lipinski definition) is 2. The molecule has 4 aromatic carbocycles. The number of nitrogens with zero attached hydrogens (tertiary/aromatic N) is 1. The number of rotatable bonds is 10. The fraction of sp³-hybridized carbons (Fsp3) is 0.138. The fourth-order valence-electron chi connectivity index (χ4n) is 4.04. The Balaban J connectivity index is 1.55. The van der Waals surface area contributed by atoms with Crippen LogP contribution < -0.4 is 19.1 Å². The van der Waals surface area contributed by atoms with Crippen LogP contribution in [0.4, 0.5) is 30.2 Å². The van der Waals surface area contributed by atoms with Gasteiger partial charge in [-0.1, -0.05) is 41.4 Å². The standard InChI is InChI=1S/C29H25ClF3N3O6S2/c1-19-7-12-23(13-8-19)44(40,41)36(26-5-3-4-6-27(26)42-2)18-28(37)34-20-9-14-22(15-10-20)43(38,39)35-21-11-16-25(30)24(17-21)29(31,32)33/h3-17,35H,18H2,1-2H3,(H,34,37). The molecule has 1 amide bonds. The summed E-state index contributed by atoms with van der Waals surface area (Å²) in [4.78, 5) is 12.7. The molecule has 232 valence electrons. The van der Waals surface area contributed by atoms with Crippen molar-refractivity contribution in [3.8, 4) is 5.75 Å². The lowest BCUT2D eigenvalue weighted by Gasteiger charge is -2.25. The molecule has 0 bridgehead atoms. The molecule has 0 saturated heterocycles. The molecule has 0 heterocycles.